The molecule has 1 amide bonds. The first kappa shape index (κ1) is 22.0. The molecule has 0 radical (unpaired) electrons. The number of nitrogens with one attached hydrogen (secondary N) is 2. The third-order valence-electron chi connectivity index (χ3n) is 4.28. The molecule has 0 saturated carbocycles. The summed E-state index contributed by atoms with van der Waals surface area (Å²) in [6.45, 7) is 3.50. The number of ether oxygens (including phenoxy) is 2. The molecule has 3 rings (SSSR count). The maximum atomic E-state index is 12.6. The lowest BCUT2D eigenvalue weighted by Crippen LogP contribution is -2.16. The van der Waals surface area contributed by atoms with Crippen LogP contribution in [0.1, 0.15) is 21.7 Å². The van der Waals surface area contributed by atoms with Gasteiger partial charge in [0, 0.05) is 23.1 Å². The van der Waals surface area contributed by atoms with Crippen LogP contribution in [0, 0.1) is 13.8 Å². The van der Waals surface area contributed by atoms with Crippen LogP contribution in [-0.2, 0) is 10.0 Å². The highest BCUT2D eigenvalue weighted by molar-refractivity contribution is 7.92. The Balaban J connectivity index is 1.76. The molecule has 2 aromatic carbocycles. The molecule has 0 aliphatic heterocycles. The Morgan fingerprint density at radius 2 is 1.55 bits per heavy atom. The van der Waals surface area contributed by atoms with Crippen LogP contribution >= 0.6 is 0 Å². The molecule has 162 valence electrons. The van der Waals surface area contributed by atoms with Gasteiger partial charge in [-0.25, -0.2) is 23.1 Å². The molecule has 10 heteroatoms. The van der Waals surface area contributed by atoms with Crippen LogP contribution < -0.4 is 19.5 Å². The van der Waals surface area contributed by atoms with Gasteiger partial charge in [-0.05, 0) is 56.3 Å². The molecule has 0 saturated heterocycles. The van der Waals surface area contributed by atoms with E-state index >= 15 is 0 Å². The van der Waals surface area contributed by atoms with Crippen LogP contribution in [0.15, 0.2) is 53.4 Å². The van der Waals surface area contributed by atoms with Crippen LogP contribution in [0.4, 0.5) is 11.6 Å². The second-order valence-corrected chi connectivity index (χ2v) is 8.31. The first-order valence-electron chi connectivity index (χ1n) is 9.20. The highest BCUT2D eigenvalue weighted by atomic mass is 32.2. The van der Waals surface area contributed by atoms with E-state index in [1.165, 1.54) is 38.5 Å². The van der Waals surface area contributed by atoms with Crippen LogP contribution in [0.5, 0.6) is 11.5 Å². The molecule has 0 atom stereocenters. The summed E-state index contributed by atoms with van der Waals surface area (Å²) in [6.07, 6.45) is 0. The minimum atomic E-state index is -3.88. The number of rotatable bonds is 7. The first-order chi connectivity index (χ1) is 14.7. The van der Waals surface area contributed by atoms with Crippen molar-refractivity contribution in [2.45, 2.75) is 18.7 Å². The van der Waals surface area contributed by atoms with E-state index in [1.807, 2.05) is 0 Å². The maximum absolute atomic E-state index is 12.6. The number of benzene rings is 2. The number of aryl methyl sites for hydroxylation is 2. The first-order valence-corrected chi connectivity index (χ1v) is 10.7. The van der Waals surface area contributed by atoms with Crippen molar-refractivity contribution in [2.24, 2.45) is 0 Å². The van der Waals surface area contributed by atoms with Gasteiger partial charge >= 0.3 is 0 Å². The quantitative estimate of drug-likeness (QED) is 0.577. The summed E-state index contributed by atoms with van der Waals surface area (Å²) in [7, 11) is -0.909. The Kier molecular flexibility index (Phi) is 6.40. The number of sulfonamides is 1. The van der Waals surface area contributed by atoms with Gasteiger partial charge in [-0.2, -0.15) is 0 Å². The van der Waals surface area contributed by atoms with E-state index in [0.29, 0.717) is 34.1 Å². The van der Waals surface area contributed by atoms with Crippen molar-refractivity contribution in [1.29, 1.82) is 0 Å². The molecule has 0 unspecified atom stereocenters. The molecule has 0 aliphatic carbocycles. The predicted octanol–water partition coefficient (Wildman–Crippen LogP) is 3.16. The van der Waals surface area contributed by atoms with E-state index in [2.05, 4.69) is 20.0 Å². The van der Waals surface area contributed by atoms with Crippen molar-refractivity contribution < 1.29 is 22.7 Å². The highest BCUT2D eigenvalue weighted by Gasteiger charge is 2.17. The zero-order valence-electron chi connectivity index (χ0n) is 17.5. The topological polar surface area (TPSA) is 120 Å². The van der Waals surface area contributed by atoms with Crippen LogP contribution in [0.2, 0.25) is 0 Å². The van der Waals surface area contributed by atoms with Gasteiger partial charge in [0.15, 0.2) is 0 Å². The normalized spacial score (nSPS) is 11.0. The smallest absolute Gasteiger partial charge is 0.264 e. The van der Waals surface area contributed by atoms with Gasteiger partial charge in [-0.1, -0.05) is 0 Å². The summed E-state index contributed by atoms with van der Waals surface area (Å²) >= 11 is 0. The summed E-state index contributed by atoms with van der Waals surface area (Å²) in [6, 6.07) is 12.3. The van der Waals surface area contributed by atoms with Gasteiger partial charge in [-0.15, -0.1) is 0 Å². The summed E-state index contributed by atoms with van der Waals surface area (Å²) in [5.41, 5.74) is 2.03. The highest BCUT2D eigenvalue weighted by Crippen LogP contribution is 2.26. The third kappa shape index (κ3) is 5.28. The molecule has 0 bridgehead atoms. The summed E-state index contributed by atoms with van der Waals surface area (Å²) < 4.78 is 38.0. The Hall–Kier alpha value is -3.66. The van der Waals surface area contributed by atoms with Gasteiger partial charge in [-0.3, -0.25) is 4.79 Å². The van der Waals surface area contributed by atoms with Crippen molar-refractivity contribution in [3.05, 3.63) is 65.5 Å². The van der Waals surface area contributed by atoms with E-state index < -0.39 is 15.9 Å². The monoisotopic (exact) mass is 442 g/mol. The fraction of sp³-hybridized carbons (Fsp3) is 0.190. The second kappa shape index (κ2) is 9.00. The number of methoxy groups -OCH3 is 2. The van der Waals surface area contributed by atoms with Crippen LogP contribution in [0.25, 0.3) is 0 Å². The average Bonchev–Trinajstić information content (AvgIpc) is 2.72. The molecule has 0 fully saturated rings. The lowest BCUT2D eigenvalue weighted by Gasteiger charge is -2.12. The van der Waals surface area contributed by atoms with Gasteiger partial charge in [0.05, 0.1) is 24.7 Å². The van der Waals surface area contributed by atoms with E-state index in [-0.39, 0.29) is 10.8 Å². The Morgan fingerprint density at radius 1 is 0.903 bits per heavy atom. The minimum absolute atomic E-state index is 0.00137. The van der Waals surface area contributed by atoms with Crippen molar-refractivity contribution >= 4 is 27.6 Å². The van der Waals surface area contributed by atoms with Crippen molar-refractivity contribution in [2.75, 3.05) is 24.3 Å². The molecular formula is C21H22N4O5S. The number of anilines is 2. The van der Waals surface area contributed by atoms with Crippen molar-refractivity contribution in [3.8, 4) is 11.5 Å². The summed E-state index contributed by atoms with van der Waals surface area (Å²) in [5.74, 6) is 0.510. The fourth-order valence-corrected chi connectivity index (χ4v) is 3.80. The van der Waals surface area contributed by atoms with E-state index in [1.54, 1.807) is 38.1 Å². The zero-order chi connectivity index (χ0) is 22.6. The predicted molar refractivity (Wildman–Crippen MR) is 116 cm³/mol. The Labute approximate surface area is 180 Å². The molecule has 0 spiro atoms. The average molecular weight is 442 g/mol. The second-order valence-electron chi connectivity index (χ2n) is 6.62. The lowest BCUT2D eigenvalue weighted by molar-refractivity contribution is 0.102. The van der Waals surface area contributed by atoms with Gasteiger partial charge in [0.2, 0.25) is 5.95 Å². The van der Waals surface area contributed by atoms with E-state index in [0.717, 1.165) is 0 Å². The minimum Gasteiger partial charge on any atom is -0.497 e. The molecule has 31 heavy (non-hydrogen) atoms. The van der Waals surface area contributed by atoms with Crippen LogP contribution in [0.3, 0.4) is 0 Å². The Morgan fingerprint density at radius 3 is 2.13 bits per heavy atom. The number of amides is 1. The standard InChI is InChI=1S/C21H22N4O5S/c1-13-11-14(2)23-21(22-13)25-31(27,28)17-8-5-15(6-9-17)24-20(26)18-10-7-16(29-3)12-19(18)30-4/h5-12H,1-4H3,(H,24,26)(H,22,23,25). The summed E-state index contributed by atoms with van der Waals surface area (Å²) in [5, 5.41) is 2.71. The third-order valence-corrected chi connectivity index (χ3v) is 5.63. The number of hydrogen-bond acceptors (Lipinski definition) is 7. The molecule has 9 nitrogen and oxygen atoms in total. The number of carbonyl (C=O) groups is 1. The number of carbonyl (C=O) groups excluding carboxylic acids is 1. The molecule has 0 aliphatic rings. The maximum Gasteiger partial charge on any atom is 0.264 e. The number of aromatic nitrogens is 2. The van der Waals surface area contributed by atoms with Crippen LogP contribution in [-0.4, -0.2) is 38.5 Å². The molecule has 3 aromatic rings. The van der Waals surface area contributed by atoms with Crippen molar-refractivity contribution in [1.82, 2.24) is 9.97 Å². The van der Waals surface area contributed by atoms with Crippen molar-refractivity contribution in [3.63, 3.8) is 0 Å². The van der Waals surface area contributed by atoms with Gasteiger partial charge in [0.25, 0.3) is 15.9 Å². The zero-order valence-corrected chi connectivity index (χ0v) is 18.3. The number of nitrogens with zero attached hydrogens (tertiary/aromatic N) is 2. The van der Waals surface area contributed by atoms with E-state index in [4.69, 9.17) is 9.47 Å². The fourth-order valence-electron chi connectivity index (χ4n) is 2.85. The van der Waals surface area contributed by atoms with Gasteiger partial charge in [0.1, 0.15) is 11.5 Å². The molecule has 2 N–H and O–H groups in total. The lowest BCUT2D eigenvalue weighted by atomic mass is 10.1. The Bertz CT molecular complexity index is 1190. The molecule has 1 heterocycles. The SMILES string of the molecule is COc1ccc(C(=O)Nc2ccc(S(=O)(=O)Nc3nc(C)cc(C)n3)cc2)c(OC)c1. The molecular weight excluding hydrogens is 420 g/mol. The number of hydrogen-bond donors (Lipinski definition) is 2. The van der Waals surface area contributed by atoms with Gasteiger partial charge < -0.3 is 14.8 Å². The van der Waals surface area contributed by atoms with E-state index in [9.17, 15) is 13.2 Å². The molecule has 1 aromatic heterocycles. The summed E-state index contributed by atoms with van der Waals surface area (Å²) in [4.78, 5) is 20.8. The largest absolute Gasteiger partial charge is 0.497 e.